The Kier molecular flexibility index (Phi) is 9.32. The monoisotopic (exact) mass is 635 g/mol. The number of urea groups is 1. The Labute approximate surface area is 261 Å². The number of carbonyl (C=O) groups is 2. The van der Waals surface area contributed by atoms with Crippen molar-refractivity contribution in [1.29, 1.82) is 0 Å². The number of carbonyl (C=O) groups excluding carboxylic acids is 2. The molecule has 0 aliphatic carbocycles. The van der Waals surface area contributed by atoms with Crippen LogP contribution in [0.2, 0.25) is 0 Å². The SMILES string of the molecule is CC/C(=N\NC(=O)/N=C1\SCC(=O)N1c1ccccc1C(C)C)c1ccc(-c2ncn(-c3ccc(OC(F)(F)F)cc3)n2)cc1. The summed E-state index contributed by atoms with van der Waals surface area (Å²) in [7, 11) is 0. The lowest BCUT2D eigenvalue weighted by Crippen LogP contribution is -2.31. The van der Waals surface area contributed by atoms with E-state index in [-0.39, 0.29) is 23.3 Å². The smallest absolute Gasteiger partial charge is 0.406 e. The predicted octanol–water partition coefficient (Wildman–Crippen LogP) is 6.92. The molecule has 45 heavy (non-hydrogen) atoms. The van der Waals surface area contributed by atoms with Crippen molar-refractivity contribution in [2.75, 3.05) is 10.7 Å². The summed E-state index contributed by atoms with van der Waals surface area (Å²) in [6.07, 6.45) is -2.80. The van der Waals surface area contributed by atoms with Gasteiger partial charge in [-0.3, -0.25) is 9.69 Å². The zero-order valence-corrected chi connectivity index (χ0v) is 25.3. The third-order valence-corrected chi connectivity index (χ3v) is 7.61. The summed E-state index contributed by atoms with van der Waals surface area (Å²) in [5.41, 5.74) is 6.73. The highest BCUT2D eigenvalue weighted by Crippen LogP contribution is 2.33. The first kappa shape index (κ1) is 31.4. The van der Waals surface area contributed by atoms with Gasteiger partial charge in [0.1, 0.15) is 12.1 Å². The zero-order valence-electron chi connectivity index (χ0n) is 24.4. The Bertz CT molecular complexity index is 1750. The lowest BCUT2D eigenvalue weighted by molar-refractivity contribution is -0.274. The van der Waals surface area contributed by atoms with Crippen molar-refractivity contribution in [3.63, 3.8) is 0 Å². The van der Waals surface area contributed by atoms with Gasteiger partial charge in [-0.05, 0) is 53.8 Å². The molecule has 0 atom stereocenters. The average Bonchev–Trinajstić information content (AvgIpc) is 3.64. The molecule has 4 aromatic rings. The zero-order chi connectivity index (χ0) is 32.1. The van der Waals surface area contributed by atoms with Gasteiger partial charge in [0.15, 0.2) is 11.0 Å². The Morgan fingerprint density at radius 2 is 1.78 bits per heavy atom. The Hall–Kier alpha value is -4.98. The molecule has 2 heterocycles. The topological polar surface area (TPSA) is 114 Å². The molecule has 0 unspecified atom stereocenters. The fourth-order valence-electron chi connectivity index (χ4n) is 4.57. The molecule has 1 fully saturated rings. The van der Waals surface area contributed by atoms with Gasteiger partial charge < -0.3 is 4.74 Å². The molecule has 5 rings (SSSR count). The molecule has 1 aliphatic rings. The molecular weight excluding hydrogens is 607 g/mol. The minimum absolute atomic E-state index is 0.148. The maximum atomic E-state index is 12.8. The molecule has 1 N–H and O–H groups in total. The molecule has 232 valence electrons. The molecule has 1 saturated heterocycles. The number of alkyl halides is 3. The highest BCUT2D eigenvalue weighted by atomic mass is 32.2. The number of amidine groups is 1. The molecule has 0 radical (unpaired) electrons. The predicted molar refractivity (Wildman–Crippen MR) is 167 cm³/mol. The average molecular weight is 636 g/mol. The quantitative estimate of drug-likeness (QED) is 0.166. The van der Waals surface area contributed by atoms with Crippen LogP contribution in [0.15, 0.2) is 89.2 Å². The van der Waals surface area contributed by atoms with Gasteiger partial charge >= 0.3 is 12.4 Å². The van der Waals surface area contributed by atoms with Crippen LogP contribution in [0.5, 0.6) is 5.75 Å². The molecule has 1 aromatic heterocycles. The highest BCUT2D eigenvalue weighted by molar-refractivity contribution is 8.15. The highest BCUT2D eigenvalue weighted by Gasteiger charge is 2.32. The van der Waals surface area contributed by atoms with Gasteiger partial charge in [0.05, 0.1) is 22.8 Å². The minimum Gasteiger partial charge on any atom is -0.406 e. The number of ether oxygens (including phenoxy) is 1. The summed E-state index contributed by atoms with van der Waals surface area (Å²) < 4.78 is 42.6. The summed E-state index contributed by atoms with van der Waals surface area (Å²) >= 11 is 1.20. The van der Waals surface area contributed by atoms with Gasteiger partial charge in [-0.25, -0.2) is 19.9 Å². The van der Waals surface area contributed by atoms with E-state index in [0.717, 1.165) is 11.1 Å². The summed E-state index contributed by atoms with van der Waals surface area (Å²) in [6.45, 7) is 5.97. The van der Waals surface area contributed by atoms with Crippen LogP contribution in [0.4, 0.5) is 23.7 Å². The van der Waals surface area contributed by atoms with Crippen molar-refractivity contribution in [1.82, 2.24) is 20.2 Å². The number of thioether (sulfide) groups is 1. The van der Waals surface area contributed by atoms with E-state index in [9.17, 15) is 22.8 Å². The van der Waals surface area contributed by atoms with Gasteiger partial charge in [0, 0.05) is 5.56 Å². The molecule has 14 heteroatoms. The summed E-state index contributed by atoms with van der Waals surface area (Å²) in [6, 6.07) is 19.4. The van der Waals surface area contributed by atoms with Gasteiger partial charge in [0.25, 0.3) is 0 Å². The Balaban J connectivity index is 1.26. The number of para-hydroxylation sites is 1. The number of amides is 3. The number of anilines is 1. The van der Waals surface area contributed by atoms with Gasteiger partial charge in [0.2, 0.25) is 5.91 Å². The van der Waals surface area contributed by atoms with Crippen molar-refractivity contribution in [3.05, 3.63) is 90.3 Å². The number of rotatable bonds is 8. The van der Waals surface area contributed by atoms with E-state index < -0.39 is 12.4 Å². The number of nitrogens with one attached hydrogen (secondary N) is 1. The molecule has 3 aromatic carbocycles. The number of halogens is 3. The van der Waals surface area contributed by atoms with Gasteiger partial charge in [-0.1, -0.05) is 75.0 Å². The number of aliphatic imine (C=N–C) groups is 1. The molecule has 0 spiro atoms. The van der Waals surface area contributed by atoms with E-state index >= 15 is 0 Å². The molecular formula is C31H28F3N7O3S. The first-order chi connectivity index (χ1) is 21.5. The fraction of sp³-hybridized carbons (Fsp3) is 0.226. The first-order valence-corrected chi connectivity index (χ1v) is 14.9. The van der Waals surface area contributed by atoms with Crippen LogP contribution < -0.4 is 15.1 Å². The van der Waals surface area contributed by atoms with Crippen LogP contribution in [0, 0.1) is 0 Å². The number of nitrogens with zero attached hydrogens (tertiary/aromatic N) is 6. The van der Waals surface area contributed by atoms with Crippen LogP contribution in [-0.2, 0) is 4.79 Å². The van der Waals surface area contributed by atoms with Crippen molar-refractivity contribution < 1.29 is 27.5 Å². The molecule has 1 aliphatic heterocycles. The van der Waals surface area contributed by atoms with Crippen LogP contribution in [0.25, 0.3) is 17.1 Å². The van der Waals surface area contributed by atoms with E-state index in [1.165, 1.54) is 51.9 Å². The second kappa shape index (κ2) is 13.3. The fourth-order valence-corrected chi connectivity index (χ4v) is 5.43. The van der Waals surface area contributed by atoms with Crippen molar-refractivity contribution in [2.45, 2.75) is 39.5 Å². The largest absolute Gasteiger partial charge is 0.573 e. The van der Waals surface area contributed by atoms with E-state index in [1.54, 1.807) is 12.1 Å². The number of benzene rings is 3. The van der Waals surface area contributed by atoms with Crippen LogP contribution in [-0.4, -0.2) is 49.7 Å². The second-order valence-electron chi connectivity index (χ2n) is 10.1. The van der Waals surface area contributed by atoms with Crippen molar-refractivity contribution >= 4 is 40.3 Å². The molecule has 10 nitrogen and oxygen atoms in total. The maximum Gasteiger partial charge on any atom is 0.573 e. The Morgan fingerprint density at radius 3 is 2.44 bits per heavy atom. The van der Waals surface area contributed by atoms with E-state index in [2.05, 4.69) is 30.3 Å². The third kappa shape index (κ3) is 7.58. The van der Waals surface area contributed by atoms with E-state index in [0.29, 0.717) is 40.1 Å². The van der Waals surface area contributed by atoms with Crippen LogP contribution in [0.1, 0.15) is 44.2 Å². The minimum atomic E-state index is -4.77. The lowest BCUT2D eigenvalue weighted by Gasteiger charge is -2.21. The third-order valence-electron chi connectivity index (χ3n) is 6.69. The normalized spacial score (nSPS) is 14.8. The van der Waals surface area contributed by atoms with Gasteiger partial charge in [-0.15, -0.1) is 18.3 Å². The van der Waals surface area contributed by atoms with Crippen LogP contribution >= 0.6 is 11.8 Å². The maximum absolute atomic E-state index is 12.8. The van der Waals surface area contributed by atoms with Crippen molar-refractivity contribution in [2.24, 2.45) is 10.1 Å². The summed E-state index contributed by atoms with van der Waals surface area (Å²) in [4.78, 5) is 35.4. The molecule has 0 saturated carbocycles. The molecule has 3 amide bonds. The van der Waals surface area contributed by atoms with E-state index in [1.807, 2.05) is 57.2 Å². The van der Waals surface area contributed by atoms with E-state index in [4.69, 9.17) is 0 Å². The number of hydrogen-bond acceptors (Lipinski definition) is 7. The van der Waals surface area contributed by atoms with Crippen molar-refractivity contribution in [3.8, 4) is 22.8 Å². The second-order valence-corrected chi connectivity index (χ2v) is 11.0. The van der Waals surface area contributed by atoms with Gasteiger partial charge in [-0.2, -0.15) is 10.1 Å². The Morgan fingerprint density at radius 1 is 1.07 bits per heavy atom. The lowest BCUT2D eigenvalue weighted by atomic mass is 10.0. The number of aromatic nitrogens is 3. The number of hydrogen-bond donors (Lipinski definition) is 1. The summed E-state index contributed by atoms with van der Waals surface area (Å²) in [5.74, 6) is 0.284. The standard InChI is InChI=1S/C31H28F3N7O3S/c1-4-25(37-38-29(43)36-30-41(27(42)17-45-30)26-8-6-5-7-24(26)19(2)3)20-9-11-21(12-10-20)28-35-18-40(39-28)22-13-15-23(16-14-22)44-31(32,33)34/h5-16,18-19H,4,17H2,1-3H3,(H,38,43)/b36-30-,37-25+. The van der Waals surface area contributed by atoms with Crippen LogP contribution in [0.3, 0.4) is 0 Å². The first-order valence-electron chi connectivity index (χ1n) is 13.9. The number of hydrazone groups is 1. The molecule has 0 bridgehead atoms. The summed E-state index contributed by atoms with van der Waals surface area (Å²) in [5, 5.41) is 8.98.